The van der Waals surface area contributed by atoms with Crippen molar-refractivity contribution < 1.29 is 17.0 Å². The van der Waals surface area contributed by atoms with Crippen LogP contribution in [0.5, 0.6) is 0 Å². The van der Waals surface area contributed by atoms with E-state index >= 15 is 0 Å². The second kappa shape index (κ2) is 12.9. The number of rotatable bonds is 6. The molecule has 0 bridgehead atoms. The van der Waals surface area contributed by atoms with E-state index in [-0.39, 0.29) is 0 Å². The summed E-state index contributed by atoms with van der Waals surface area (Å²) >= 11 is -0.556. The summed E-state index contributed by atoms with van der Waals surface area (Å²) in [6.07, 6.45) is 10.6. The molecule has 4 atom stereocenters. The molecule has 0 heterocycles. The maximum absolute atomic E-state index is 5.22. The number of nitrogens with zero attached hydrogens (tertiary/aromatic N) is 2. The monoisotopic (exact) mass is 454 g/mol. The van der Waals surface area contributed by atoms with E-state index in [1.54, 1.807) is 0 Å². The van der Waals surface area contributed by atoms with Gasteiger partial charge in [0, 0.05) is 8.07 Å². The van der Waals surface area contributed by atoms with Crippen LogP contribution in [0, 0.1) is 23.7 Å². The molecule has 2 aliphatic carbocycles. The summed E-state index contributed by atoms with van der Waals surface area (Å²) in [7, 11) is 8.45. The van der Waals surface area contributed by atoms with Gasteiger partial charge in [-0.05, 0) is 0 Å². The van der Waals surface area contributed by atoms with Crippen LogP contribution in [0.1, 0.15) is 66.2 Å². The van der Waals surface area contributed by atoms with Gasteiger partial charge < -0.3 is 10.6 Å². The van der Waals surface area contributed by atoms with Gasteiger partial charge in [0.1, 0.15) is 0 Å². The van der Waals surface area contributed by atoms with Crippen LogP contribution in [0.3, 0.4) is 0 Å². The number of hydrogen-bond acceptors (Lipinski definition) is 0. The summed E-state index contributed by atoms with van der Waals surface area (Å²) in [6.45, 7) is 14.6. The molecule has 2 nitrogen and oxygen atoms in total. The minimum atomic E-state index is -1.32. The van der Waals surface area contributed by atoms with Crippen LogP contribution < -0.4 is 0 Å². The molecule has 0 N–H and O–H groups in total. The predicted molar refractivity (Wildman–Crippen MR) is 118 cm³/mol. The first-order valence-electron chi connectivity index (χ1n) is 10.5. The van der Waals surface area contributed by atoms with Crippen LogP contribution in [0.25, 0.3) is 10.6 Å². The fourth-order valence-electron chi connectivity index (χ4n) is 4.80. The molecule has 26 heavy (non-hydrogen) atoms. The molecule has 2 rings (SSSR count). The Balaban J connectivity index is 0.00000105. The summed E-state index contributed by atoms with van der Waals surface area (Å²) in [5, 5.41) is 10.4. The molecular weight excluding hydrogens is 415 g/mol. The van der Waals surface area contributed by atoms with Crippen molar-refractivity contribution in [1.29, 1.82) is 0 Å². The van der Waals surface area contributed by atoms with Crippen LogP contribution in [0.15, 0.2) is 0 Å². The average molecular weight is 455 g/mol. The molecule has 154 valence electrons. The average Bonchev–Trinajstić information content (AvgIpc) is 2.54. The normalized spacial score (nSPS) is 35.4. The first-order valence-corrected chi connectivity index (χ1v) is 18.2. The quantitative estimate of drug-likeness (QED) is 0.370. The van der Waals surface area contributed by atoms with Crippen molar-refractivity contribution in [1.82, 2.24) is 0 Å². The van der Waals surface area contributed by atoms with Gasteiger partial charge in [-0.3, -0.25) is 0 Å². The zero-order chi connectivity index (χ0) is 19.7. The number of hydrogen-bond donors (Lipinski definition) is 0. The van der Waals surface area contributed by atoms with Crippen molar-refractivity contribution in [3.63, 3.8) is 0 Å². The standard InChI is InChI=1S/C20H40N2Si.2ClH.Ti/c1-15-9-7-10-16(2)19(15)21-13-23(5,6)14-22-20-17(3)11-8-12-18(20)4;;;/h15-20H,7-14H2,1-6H3;2*1H;/q-2;;;+2/p-2. The van der Waals surface area contributed by atoms with Crippen LogP contribution in [-0.2, 0) is 17.0 Å². The summed E-state index contributed by atoms with van der Waals surface area (Å²) in [5.41, 5.74) is 0. The fourth-order valence-corrected chi connectivity index (χ4v) is 6.31. The van der Waals surface area contributed by atoms with Gasteiger partial charge in [0.05, 0.1) is 0 Å². The summed E-state index contributed by atoms with van der Waals surface area (Å²) in [4.78, 5) is 0. The summed E-state index contributed by atoms with van der Waals surface area (Å²) in [5.74, 6) is 3.16. The zero-order valence-electron chi connectivity index (χ0n) is 17.8. The molecular formula is C20H40Cl2N2SiTi-2. The molecule has 0 radical (unpaired) electrons. The Morgan fingerprint density at radius 2 is 1.00 bits per heavy atom. The van der Waals surface area contributed by atoms with E-state index < -0.39 is 25.1 Å². The number of halogens is 2. The second-order valence-electron chi connectivity index (χ2n) is 9.67. The Kier molecular flexibility index (Phi) is 12.6. The summed E-state index contributed by atoms with van der Waals surface area (Å²) < 4.78 is 0. The van der Waals surface area contributed by atoms with Crippen LogP contribution in [0.2, 0.25) is 13.1 Å². The first-order chi connectivity index (χ1) is 12.2. The molecule has 2 saturated carbocycles. The molecule has 0 spiro atoms. The molecule has 0 aromatic heterocycles. The van der Waals surface area contributed by atoms with E-state index in [9.17, 15) is 0 Å². The van der Waals surface area contributed by atoms with Crippen molar-refractivity contribution >= 4 is 26.7 Å². The van der Waals surface area contributed by atoms with Crippen LogP contribution in [0.4, 0.5) is 0 Å². The Morgan fingerprint density at radius 1 is 0.731 bits per heavy atom. The minimum absolute atomic E-state index is 0.556. The van der Waals surface area contributed by atoms with Gasteiger partial charge in [-0.15, -0.1) is 12.1 Å². The Bertz CT molecular complexity index is 335. The van der Waals surface area contributed by atoms with Crippen LogP contribution >= 0.6 is 18.6 Å². The molecule has 6 heteroatoms. The van der Waals surface area contributed by atoms with E-state index in [0.29, 0.717) is 12.1 Å². The molecule has 0 saturated heterocycles. The van der Waals surface area contributed by atoms with Gasteiger partial charge in [0.2, 0.25) is 0 Å². The second-order valence-corrected chi connectivity index (χ2v) is 17.2. The van der Waals surface area contributed by atoms with Gasteiger partial charge in [0.25, 0.3) is 0 Å². The Labute approximate surface area is 181 Å². The van der Waals surface area contributed by atoms with Crippen molar-refractivity contribution in [2.75, 3.05) is 12.3 Å². The van der Waals surface area contributed by atoms with E-state index in [1.165, 1.54) is 38.5 Å². The Hall–Kier alpha value is 1.43. The molecule has 0 aliphatic heterocycles. The molecule has 2 fully saturated rings. The van der Waals surface area contributed by atoms with E-state index in [0.717, 1.165) is 36.0 Å². The van der Waals surface area contributed by atoms with Gasteiger partial charge >= 0.3 is 35.6 Å². The van der Waals surface area contributed by atoms with Crippen molar-refractivity contribution in [3.8, 4) is 0 Å². The SMILES string of the molecule is CC1CCCC(C)C1[N-]C[Si](C)(C)C[N-]C1C(C)CCCC1C.[Cl][Ti][Cl]. The van der Waals surface area contributed by atoms with Gasteiger partial charge in [-0.2, -0.15) is 12.3 Å². The molecule has 0 aromatic carbocycles. The summed E-state index contributed by atoms with van der Waals surface area (Å²) in [6, 6.07) is 1.23. The van der Waals surface area contributed by atoms with Crippen molar-refractivity contribution in [2.24, 2.45) is 23.7 Å². The topological polar surface area (TPSA) is 28.2 Å². The van der Waals surface area contributed by atoms with Crippen LogP contribution in [-0.4, -0.2) is 32.5 Å². The third-order valence-corrected chi connectivity index (χ3v) is 8.51. The molecule has 0 amide bonds. The van der Waals surface area contributed by atoms with Gasteiger partial charge in [-0.1, -0.05) is 103 Å². The van der Waals surface area contributed by atoms with Crippen molar-refractivity contribution in [2.45, 2.75) is 91.4 Å². The predicted octanol–water partition coefficient (Wildman–Crippen LogP) is 7.55. The molecule has 2 aliphatic rings. The molecule has 4 unspecified atom stereocenters. The third-order valence-electron chi connectivity index (χ3n) is 6.43. The van der Waals surface area contributed by atoms with E-state index in [4.69, 9.17) is 29.2 Å². The van der Waals surface area contributed by atoms with Gasteiger partial charge in [0.15, 0.2) is 0 Å². The fraction of sp³-hybridized carbons (Fsp3) is 1.00. The third kappa shape index (κ3) is 8.84. The van der Waals surface area contributed by atoms with Gasteiger partial charge in [-0.25, -0.2) is 0 Å². The first kappa shape index (κ1) is 25.5. The zero-order valence-corrected chi connectivity index (χ0v) is 21.8. The maximum atomic E-state index is 5.22. The van der Waals surface area contributed by atoms with E-state index in [2.05, 4.69) is 40.8 Å². The van der Waals surface area contributed by atoms with Crippen molar-refractivity contribution in [3.05, 3.63) is 10.6 Å². The molecule has 0 aromatic rings. The Morgan fingerprint density at radius 3 is 1.27 bits per heavy atom. The van der Waals surface area contributed by atoms with E-state index in [1.807, 2.05) is 0 Å².